The maximum absolute atomic E-state index is 12.4. The van der Waals surface area contributed by atoms with Gasteiger partial charge in [-0.25, -0.2) is 0 Å². The molecule has 1 aromatic carbocycles. The monoisotopic (exact) mass is 236 g/mol. The lowest BCUT2D eigenvalue weighted by molar-refractivity contribution is 0.212. The van der Waals surface area contributed by atoms with Crippen molar-refractivity contribution in [2.24, 2.45) is 11.7 Å². The molecular formula is C14H21FN2. The maximum Gasteiger partial charge on any atom is 0.0897 e. The van der Waals surface area contributed by atoms with E-state index in [1.54, 1.807) is 0 Å². The van der Waals surface area contributed by atoms with Crippen LogP contribution < -0.4 is 5.73 Å². The first-order valence-electron chi connectivity index (χ1n) is 6.39. The number of rotatable bonds is 5. The molecule has 2 nitrogen and oxygen atoms in total. The molecule has 2 atom stereocenters. The smallest absolute Gasteiger partial charge is 0.0897 e. The number of benzene rings is 1. The normalized spacial score (nSPS) is 25.3. The molecule has 0 aliphatic carbocycles. The zero-order chi connectivity index (χ0) is 12.1. The lowest BCUT2D eigenvalue weighted by atomic mass is 9.97. The van der Waals surface area contributed by atoms with Gasteiger partial charge in [0, 0.05) is 19.1 Å². The summed E-state index contributed by atoms with van der Waals surface area (Å²) in [6.45, 7) is 2.39. The standard InChI is InChI=1S/C14H21FN2/c15-8-6-13-7-9-17(14(13)10-16)11-12-4-2-1-3-5-12/h1-5,13-14H,6-11,16H2. The minimum atomic E-state index is -0.222. The second-order valence-electron chi connectivity index (χ2n) is 4.79. The van der Waals surface area contributed by atoms with Gasteiger partial charge in [0.1, 0.15) is 0 Å². The molecule has 0 spiro atoms. The van der Waals surface area contributed by atoms with Gasteiger partial charge in [-0.15, -0.1) is 0 Å². The molecule has 1 saturated heterocycles. The van der Waals surface area contributed by atoms with Crippen LogP contribution in [0.1, 0.15) is 18.4 Å². The van der Waals surface area contributed by atoms with Gasteiger partial charge >= 0.3 is 0 Å². The number of hydrogen-bond acceptors (Lipinski definition) is 2. The van der Waals surface area contributed by atoms with Crippen LogP contribution >= 0.6 is 0 Å². The first-order chi connectivity index (χ1) is 8.35. The van der Waals surface area contributed by atoms with Gasteiger partial charge in [0.15, 0.2) is 0 Å². The molecular weight excluding hydrogens is 215 g/mol. The van der Waals surface area contributed by atoms with Gasteiger partial charge in [-0.3, -0.25) is 9.29 Å². The number of alkyl halides is 1. The zero-order valence-electron chi connectivity index (χ0n) is 10.2. The maximum atomic E-state index is 12.4. The fourth-order valence-electron chi connectivity index (χ4n) is 2.82. The molecule has 1 heterocycles. The van der Waals surface area contributed by atoms with Crippen LogP contribution in [0.4, 0.5) is 4.39 Å². The fourth-order valence-corrected chi connectivity index (χ4v) is 2.82. The zero-order valence-corrected chi connectivity index (χ0v) is 10.2. The summed E-state index contributed by atoms with van der Waals surface area (Å²) >= 11 is 0. The summed E-state index contributed by atoms with van der Waals surface area (Å²) in [5.41, 5.74) is 7.15. The number of nitrogens with zero attached hydrogens (tertiary/aromatic N) is 1. The Kier molecular flexibility index (Phi) is 4.51. The molecule has 17 heavy (non-hydrogen) atoms. The average molecular weight is 236 g/mol. The molecule has 0 radical (unpaired) electrons. The van der Waals surface area contributed by atoms with Gasteiger partial charge in [0.05, 0.1) is 6.67 Å². The first kappa shape index (κ1) is 12.5. The number of halogens is 1. The van der Waals surface area contributed by atoms with Crippen LogP contribution in [0, 0.1) is 5.92 Å². The summed E-state index contributed by atoms with van der Waals surface area (Å²) in [5, 5.41) is 0. The van der Waals surface area contributed by atoms with Crippen molar-refractivity contribution in [1.82, 2.24) is 4.90 Å². The number of hydrogen-bond donors (Lipinski definition) is 1. The van der Waals surface area contributed by atoms with E-state index in [0.29, 0.717) is 24.9 Å². The SMILES string of the molecule is NCC1C(CCF)CCN1Cc1ccccc1. The Bertz CT molecular complexity index is 328. The van der Waals surface area contributed by atoms with Crippen LogP contribution in [0.5, 0.6) is 0 Å². The van der Waals surface area contributed by atoms with Gasteiger partial charge in [-0.05, 0) is 30.9 Å². The van der Waals surface area contributed by atoms with E-state index in [-0.39, 0.29) is 6.67 Å². The van der Waals surface area contributed by atoms with Gasteiger partial charge in [0.25, 0.3) is 0 Å². The second kappa shape index (κ2) is 6.12. The van der Waals surface area contributed by atoms with E-state index in [9.17, 15) is 4.39 Å². The molecule has 94 valence electrons. The second-order valence-corrected chi connectivity index (χ2v) is 4.79. The number of nitrogens with two attached hydrogens (primary N) is 1. The van der Waals surface area contributed by atoms with Crippen LogP contribution in [0.15, 0.2) is 30.3 Å². The topological polar surface area (TPSA) is 29.3 Å². The predicted molar refractivity (Wildman–Crippen MR) is 68.4 cm³/mol. The van der Waals surface area contributed by atoms with Crippen molar-refractivity contribution in [3.05, 3.63) is 35.9 Å². The van der Waals surface area contributed by atoms with Gasteiger partial charge in [-0.1, -0.05) is 30.3 Å². The van der Waals surface area contributed by atoms with Gasteiger partial charge in [-0.2, -0.15) is 0 Å². The summed E-state index contributed by atoms with van der Waals surface area (Å²) in [7, 11) is 0. The van der Waals surface area contributed by atoms with Crippen LogP contribution in [0.3, 0.4) is 0 Å². The van der Waals surface area contributed by atoms with Crippen LogP contribution in [0.25, 0.3) is 0 Å². The highest BCUT2D eigenvalue weighted by Gasteiger charge is 2.32. The van der Waals surface area contributed by atoms with E-state index in [1.807, 2.05) is 6.07 Å². The fraction of sp³-hybridized carbons (Fsp3) is 0.571. The van der Waals surface area contributed by atoms with E-state index < -0.39 is 0 Å². The first-order valence-corrected chi connectivity index (χ1v) is 6.39. The van der Waals surface area contributed by atoms with Crippen LogP contribution in [0.2, 0.25) is 0 Å². The van der Waals surface area contributed by atoms with Crippen LogP contribution in [-0.2, 0) is 6.54 Å². The molecule has 1 aliphatic heterocycles. The third-order valence-electron chi connectivity index (χ3n) is 3.75. The number of likely N-dealkylation sites (tertiary alicyclic amines) is 1. The average Bonchev–Trinajstić information content (AvgIpc) is 2.73. The minimum absolute atomic E-state index is 0.222. The van der Waals surface area contributed by atoms with Crippen molar-refractivity contribution < 1.29 is 4.39 Å². The largest absolute Gasteiger partial charge is 0.329 e. The lowest BCUT2D eigenvalue weighted by Crippen LogP contribution is -2.38. The predicted octanol–water partition coefficient (Wildman–Crippen LogP) is 2.20. The minimum Gasteiger partial charge on any atom is -0.329 e. The highest BCUT2D eigenvalue weighted by molar-refractivity contribution is 5.15. The highest BCUT2D eigenvalue weighted by Crippen LogP contribution is 2.28. The Morgan fingerprint density at radius 2 is 2.06 bits per heavy atom. The van der Waals surface area contributed by atoms with E-state index in [0.717, 1.165) is 19.5 Å². The molecule has 0 bridgehead atoms. The summed E-state index contributed by atoms with van der Waals surface area (Å²) in [4.78, 5) is 2.40. The van der Waals surface area contributed by atoms with Crippen molar-refractivity contribution in [2.75, 3.05) is 19.8 Å². The van der Waals surface area contributed by atoms with Crippen molar-refractivity contribution in [3.8, 4) is 0 Å². The van der Waals surface area contributed by atoms with Crippen LogP contribution in [-0.4, -0.2) is 30.7 Å². The quantitative estimate of drug-likeness (QED) is 0.849. The molecule has 0 aromatic heterocycles. The molecule has 2 N–H and O–H groups in total. The lowest BCUT2D eigenvalue weighted by Gasteiger charge is -2.26. The van der Waals surface area contributed by atoms with Crippen molar-refractivity contribution in [3.63, 3.8) is 0 Å². The summed E-state index contributed by atoms with van der Waals surface area (Å²) in [6.07, 6.45) is 1.74. The molecule has 1 aromatic rings. The van der Waals surface area contributed by atoms with Gasteiger partial charge < -0.3 is 5.73 Å². The summed E-state index contributed by atoms with van der Waals surface area (Å²) < 4.78 is 12.4. The molecule has 1 aliphatic rings. The van der Waals surface area contributed by atoms with Gasteiger partial charge in [0.2, 0.25) is 0 Å². The van der Waals surface area contributed by atoms with E-state index in [1.165, 1.54) is 5.56 Å². The molecule has 2 rings (SSSR count). The molecule has 2 unspecified atom stereocenters. The Balaban J connectivity index is 1.97. The van der Waals surface area contributed by atoms with E-state index in [2.05, 4.69) is 29.2 Å². The molecule has 1 fully saturated rings. The molecule has 3 heteroatoms. The van der Waals surface area contributed by atoms with Crippen molar-refractivity contribution in [1.29, 1.82) is 0 Å². The summed E-state index contributed by atoms with van der Waals surface area (Å²) in [6, 6.07) is 10.8. The third kappa shape index (κ3) is 3.05. The van der Waals surface area contributed by atoms with E-state index >= 15 is 0 Å². The third-order valence-corrected chi connectivity index (χ3v) is 3.75. The Hall–Kier alpha value is -0.930. The Labute approximate surface area is 103 Å². The Morgan fingerprint density at radius 1 is 1.29 bits per heavy atom. The summed E-state index contributed by atoms with van der Waals surface area (Å²) in [5.74, 6) is 0.439. The van der Waals surface area contributed by atoms with Crippen molar-refractivity contribution in [2.45, 2.75) is 25.4 Å². The molecule has 0 amide bonds. The highest BCUT2D eigenvalue weighted by atomic mass is 19.1. The van der Waals surface area contributed by atoms with Crippen molar-refractivity contribution >= 4 is 0 Å². The van der Waals surface area contributed by atoms with E-state index in [4.69, 9.17) is 5.73 Å². The Morgan fingerprint density at radius 3 is 2.71 bits per heavy atom. The molecule has 0 saturated carbocycles.